The van der Waals surface area contributed by atoms with Gasteiger partial charge in [0.05, 0.1) is 5.52 Å². The highest BCUT2D eigenvalue weighted by Gasteiger charge is 2.30. The third-order valence-electron chi connectivity index (χ3n) is 5.44. The van der Waals surface area contributed by atoms with Crippen LogP contribution in [0.5, 0.6) is 0 Å². The third-order valence-corrected chi connectivity index (χ3v) is 5.44. The van der Waals surface area contributed by atoms with E-state index in [9.17, 15) is 9.59 Å². The average Bonchev–Trinajstić information content (AvgIpc) is 3.46. The van der Waals surface area contributed by atoms with Gasteiger partial charge in [0.25, 0.3) is 0 Å². The van der Waals surface area contributed by atoms with Gasteiger partial charge in [0.15, 0.2) is 0 Å². The van der Waals surface area contributed by atoms with Crippen molar-refractivity contribution >= 4 is 34.2 Å². The Kier molecular flexibility index (Phi) is 4.72. The second-order valence-corrected chi connectivity index (χ2v) is 7.75. The number of anilines is 2. The Morgan fingerprint density at radius 3 is 2.52 bits per heavy atom. The standard InChI is InChI=1S/C21H26N4O2/c1-13-11-20(24-19-6-5-17(12-18(13)19)22-14(2)26)25-9-7-15(8-10-25)21(27)23-16-3-4-16/h5-6,11-12,15-16H,3-4,7-10H2,1-2H3,(H,22,26)(H,23,27). The molecule has 2 N–H and O–H groups in total. The molecular formula is C21H26N4O2. The molecule has 2 heterocycles. The second kappa shape index (κ2) is 7.18. The minimum absolute atomic E-state index is 0.0785. The highest BCUT2D eigenvalue weighted by Crippen LogP contribution is 2.28. The van der Waals surface area contributed by atoms with Crippen molar-refractivity contribution in [2.75, 3.05) is 23.3 Å². The third kappa shape index (κ3) is 4.04. The zero-order valence-corrected chi connectivity index (χ0v) is 15.9. The van der Waals surface area contributed by atoms with Crippen molar-refractivity contribution in [3.8, 4) is 0 Å². The summed E-state index contributed by atoms with van der Waals surface area (Å²) in [6.07, 6.45) is 4.01. The number of piperidine rings is 1. The lowest BCUT2D eigenvalue weighted by Gasteiger charge is -2.32. The number of aryl methyl sites for hydroxylation is 1. The van der Waals surface area contributed by atoms with Crippen LogP contribution in [0.4, 0.5) is 11.5 Å². The molecule has 1 aliphatic carbocycles. The summed E-state index contributed by atoms with van der Waals surface area (Å²) in [6, 6.07) is 8.34. The molecule has 0 spiro atoms. The number of nitrogens with zero attached hydrogens (tertiary/aromatic N) is 2. The molecule has 1 aliphatic heterocycles. The Morgan fingerprint density at radius 2 is 1.85 bits per heavy atom. The molecule has 142 valence electrons. The Labute approximate surface area is 159 Å². The van der Waals surface area contributed by atoms with E-state index in [1.807, 2.05) is 18.2 Å². The van der Waals surface area contributed by atoms with Crippen molar-refractivity contribution < 1.29 is 9.59 Å². The zero-order valence-electron chi connectivity index (χ0n) is 15.9. The molecule has 2 amide bonds. The summed E-state index contributed by atoms with van der Waals surface area (Å²) in [5.74, 6) is 1.24. The fourth-order valence-electron chi connectivity index (χ4n) is 3.74. The van der Waals surface area contributed by atoms with E-state index in [2.05, 4.69) is 28.5 Å². The zero-order chi connectivity index (χ0) is 19.0. The fourth-order valence-corrected chi connectivity index (χ4v) is 3.74. The predicted octanol–water partition coefficient (Wildman–Crippen LogP) is 3.00. The highest BCUT2D eigenvalue weighted by molar-refractivity contribution is 5.93. The first-order chi connectivity index (χ1) is 13.0. The SMILES string of the molecule is CC(=O)Nc1ccc2nc(N3CCC(C(=O)NC4CC4)CC3)cc(C)c2c1. The van der Waals surface area contributed by atoms with Crippen LogP contribution in [0.15, 0.2) is 24.3 Å². The van der Waals surface area contributed by atoms with Crippen LogP contribution in [0, 0.1) is 12.8 Å². The molecule has 2 aromatic rings. The first kappa shape index (κ1) is 17.8. The maximum Gasteiger partial charge on any atom is 0.223 e. The number of nitrogens with one attached hydrogen (secondary N) is 2. The van der Waals surface area contributed by atoms with Crippen LogP contribution < -0.4 is 15.5 Å². The van der Waals surface area contributed by atoms with Gasteiger partial charge in [-0.3, -0.25) is 9.59 Å². The van der Waals surface area contributed by atoms with Crippen LogP contribution >= 0.6 is 0 Å². The van der Waals surface area contributed by atoms with E-state index in [1.54, 1.807) is 0 Å². The van der Waals surface area contributed by atoms with Gasteiger partial charge in [-0.05, 0) is 62.4 Å². The molecule has 4 rings (SSSR count). The highest BCUT2D eigenvalue weighted by atomic mass is 16.2. The molecule has 0 unspecified atom stereocenters. The molecule has 0 atom stereocenters. The molecule has 6 nitrogen and oxygen atoms in total. The molecule has 1 saturated carbocycles. The van der Waals surface area contributed by atoms with Crippen LogP contribution in [-0.4, -0.2) is 35.9 Å². The number of hydrogen-bond donors (Lipinski definition) is 2. The Hall–Kier alpha value is -2.63. The van der Waals surface area contributed by atoms with E-state index in [0.717, 1.165) is 66.7 Å². The summed E-state index contributed by atoms with van der Waals surface area (Å²) in [5.41, 5.74) is 2.85. The van der Waals surface area contributed by atoms with Gasteiger partial charge >= 0.3 is 0 Å². The number of pyridine rings is 1. The summed E-state index contributed by atoms with van der Waals surface area (Å²) in [5, 5.41) is 6.99. The molecule has 6 heteroatoms. The van der Waals surface area contributed by atoms with E-state index in [0.29, 0.717) is 6.04 Å². The van der Waals surface area contributed by atoms with Crippen LogP contribution in [0.25, 0.3) is 10.9 Å². The molecule has 2 fully saturated rings. The topological polar surface area (TPSA) is 74.3 Å². The molecule has 0 bridgehead atoms. The van der Waals surface area contributed by atoms with Crippen molar-refractivity contribution in [3.05, 3.63) is 29.8 Å². The lowest BCUT2D eigenvalue weighted by molar-refractivity contribution is -0.125. The first-order valence-corrected chi connectivity index (χ1v) is 9.74. The van der Waals surface area contributed by atoms with Crippen molar-refractivity contribution in [2.24, 2.45) is 5.92 Å². The van der Waals surface area contributed by atoms with Crippen LogP contribution in [0.3, 0.4) is 0 Å². The van der Waals surface area contributed by atoms with Crippen molar-refractivity contribution in [1.29, 1.82) is 0 Å². The number of rotatable bonds is 4. The quantitative estimate of drug-likeness (QED) is 0.872. The number of carbonyl (C=O) groups excluding carboxylic acids is 2. The fraction of sp³-hybridized carbons (Fsp3) is 0.476. The smallest absolute Gasteiger partial charge is 0.223 e. The molecule has 1 aromatic heterocycles. The van der Waals surface area contributed by atoms with Crippen molar-refractivity contribution in [2.45, 2.75) is 45.6 Å². The normalized spacial score (nSPS) is 17.8. The van der Waals surface area contributed by atoms with Gasteiger partial charge in [0.1, 0.15) is 5.82 Å². The van der Waals surface area contributed by atoms with E-state index in [-0.39, 0.29) is 17.7 Å². The molecular weight excluding hydrogens is 340 g/mol. The molecule has 1 saturated heterocycles. The maximum atomic E-state index is 12.3. The van der Waals surface area contributed by atoms with Crippen molar-refractivity contribution in [1.82, 2.24) is 10.3 Å². The lowest BCUT2D eigenvalue weighted by Crippen LogP contribution is -2.41. The van der Waals surface area contributed by atoms with Crippen LogP contribution in [0.2, 0.25) is 0 Å². The minimum atomic E-state index is -0.0785. The van der Waals surface area contributed by atoms with Gasteiger partial charge in [0.2, 0.25) is 11.8 Å². The second-order valence-electron chi connectivity index (χ2n) is 7.75. The van der Waals surface area contributed by atoms with E-state index in [4.69, 9.17) is 4.98 Å². The summed E-state index contributed by atoms with van der Waals surface area (Å²) < 4.78 is 0. The maximum absolute atomic E-state index is 12.3. The average molecular weight is 366 g/mol. The van der Waals surface area contributed by atoms with E-state index < -0.39 is 0 Å². The summed E-state index contributed by atoms with van der Waals surface area (Å²) in [7, 11) is 0. The van der Waals surface area contributed by atoms with E-state index in [1.165, 1.54) is 6.92 Å². The summed E-state index contributed by atoms with van der Waals surface area (Å²) in [4.78, 5) is 30.6. The number of amides is 2. The van der Waals surface area contributed by atoms with Gasteiger partial charge in [0, 0.05) is 43.0 Å². The number of benzene rings is 1. The number of hydrogen-bond acceptors (Lipinski definition) is 4. The summed E-state index contributed by atoms with van der Waals surface area (Å²) in [6.45, 7) is 5.28. The molecule has 0 radical (unpaired) electrons. The molecule has 2 aliphatic rings. The number of aromatic nitrogens is 1. The monoisotopic (exact) mass is 366 g/mol. The Balaban J connectivity index is 1.47. The van der Waals surface area contributed by atoms with Gasteiger partial charge in [-0.15, -0.1) is 0 Å². The van der Waals surface area contributed by atoms with Gasteiger partial charge in [-0.2, -0.15) is 0 Å². The van der Waals surface area contributed by atoms with Gasteiger partial charge < -0.3 is 15.5 Å². The summed E-state index contributed by atoms with van der Waals surface area (Å²) >= 11 is 0. The predicted molar refractivity (Wildman–Crippen MR) is 107 cm³/mol. The Bertz CT molecular complexity index is 883. The van der Waals surface area contributed by atoms with Gasteiger partial charge in [-0.25, -0.2) is 4.98 Å². The largest absolute Gasteiger partial charge is 0.357 e. The lowest BCUT2D eigenvalue weighted by atomic mass is 9.95. The van der Waals surface area contributed by atoms with Gasteiger partial charge in [-0.1, -0.05) is 0 Å². The molecule has 27 heavy (non-hydrogen) atoms. The first-order valence-electron chi connectivity index (χ1n) is 9.74. The van der Waals surface area contributed by atoms with E-state index >= 15 is 0 Å². The Morgan fingerprint density at radius 1 is 1.11 bits per heavy atom. The number of fused-ring (bicyclic) bond motifs is 1. The van der Waals surface area contributed by atoms with Crippen LogP contribution in [0.1, 0.15) is 38.2 Å². The molecule has 1 aromatic carbocycles. The number of carbonyl (C=O) groups is 2. The van der Waals surface area contributed by atoms with Crippen molar-refractivity contribution in [3.63, 3.8) is 0 Å². The minimum Gasteiger partial charge on any atom is -0.357 e. The van der Waals surface area contributed by atoms with Crippen LogP contribution in [-0.2, 0) is 9.59 Å².